The summed E-state index contributed by atoms with van der Waals surface area (Å²) in [5, 5.41) is 6.23. The van der Waals surface area contributed by atoms with Gasteiger partial charge in [0.2, 0.25) is 11.9 Å². The number of nitrogens with one attached hydrogen (secondary N) is 2. The molecule has 28 heavy (non-hydrogen) atoms. The maximum absolute atomic E-state index is 12.3. The minimum atomic E-state index is -0.0329. The molecule has 1 atom stereocenters. The van der Waals surface area contributed by atoms with E-state index in [-0.39, 0.29) is 18.6 Å². The molecule has 2 saturated heterocycles. The molecule has 3 aliphatic rings. The van der Waals surface area contributed by atoms with Crippen molar-refractivity contribution in [3.63, 3.8) is 0 Å². The van der Waals surface area contributed by atoms with Crippen LogP contribution in [0.25, 0.3) is 0 Å². The van der Waals surface area contributed by atoms with Crippen LogP contribution in [0.4, 0.5) is 11.8 Å². The Labute approximate surface area is 167 Å². The summed E-state index contributed by atoms with van der Waals surface area (Å²) >= 11 is 0. The van der Waals surface area contributed by atoms with Gasteiger partial charge in [0, 0.05) is 39.4 Å². The first kappa shape index (κ1) is 19.4. The van der Waals surface area contributed by atoms with Gasteiger partial charge in [0.25, 0.3) is 0 Å². The zero-order valence-corrected chi connectivity index (χ0v) is 16.8. The van der Waals surface area contributed by atoms with E-state index in [0.29, 0.717) is 25.0 Å². The van der Waals surface area contributed by atoms with Gasteiger partial charge in [-0.2, -0.15) is 4.98 Å². The van der Waals surface area contributed by atoms with Crippen LogP contribution in [0.5, 0.6) is 0 Å². The summed E-state index contributed by atoms with van der Waals surface area (Å²) in [6.07, 6.45) is 6.92. The van der Waals surface area contributed by atoms with E-state index >= 15 is 0 Å². The van der Waals surface area contributed by atoms with Crippen LogP contribution in [0.1, 0.15) is 25.7 Å². The topological polar surface area (TPSA) is 82.6 Å². The second kappa shape index (κ2) is 9.05. The molecule has 1 aliphatic carbocycles. The average molecular weight is 389 g/mol. The molecule has 1 aromatic heterocycles. The molecule has 0 bridgehead atoms. The molecule has 2 N–H and O–H groups in total. The van der Waals surface area contributed by atoms with Gasteiger partial charge in [-0.25, -0.2) is 4.98 Å². The lowest BCUT2D eigenvalue weighted by atomic mass is 9.95. The molecule has 154 valence electrons. The first-order valence-electron chi connectivity index (χ1n) is 10.6. The van der Waals surface area contributed by atoms with E-state index in [1.807, 2.05) is 18.0 Å². The average Bonchev–Trinajstić information content (AvgIpc) is 3.54. The van der Waals surface area contributed by atoms with Crippen LogP contribution in [0.15, 0.2) is 12.3 Å². The van der Waals surface area contributed by atoms with Crippen molar-refractivity contribution in [1.29, 1.82) is 0 Å². The summed E-state index contributed by atoms with van der Waals surface area (Å²) in [5.74, 6) is 3.03. The van der Waals surface area contributed by atoms with E-state index in [9.17, 15) is 4.79 Å². The number of morpholine rings is 1. The molecular weight excluding hydrogens is 356 g/mol. The number of carbonyl (C=O) groups is 1. The molecule has 0 unspecified atom stereocenters. The van der Waals surface area contributed by atoms with Gasteiger partial charge in [-0.05, 0) is 56.7 Å². The SMILES string of the molecule is CNc1ccnc(NC[C@@H]2CN(CC3CCN(CC4CC4)CC3)C(=O)CO2)n1. The van der Waals surface area contributed by atoms with Gasteiger partial charge in [-0.15, -0.1) is 0 Å². The lowest BCUT2D eigenvalue weighted by molar-refractivity contribution is -0.149. The molecule has 3 heterocycles. The first-order chi connectivity index (χ1) is 13.7. The minimum absolute atomic E-state index is 0.0329. The van der Waals surface area contributed by atoms with Gasteiger partial charge < -0.3 is 25.2 Å². The van der Waals surface area contributed by atoms with Gasteiger partial charge in [0.15, 0.2) is 0 Å². The van der Waals surface area contributed by atoms with Gasteiger partial charge >= 0.3 is 0 Å². The molecule has 8 nitrogen and oxygen atoms in total. The van der Waals surface area contributed by atoms with E-state index in [2.05, 4.69) is 25.5 Å². The number of anilines is 2. The van der Waals surface area contributed by atoms with Gasteiger partial charge in [0.05, 0.1) is 6.10 Å². The summed E-state index contributed by atoms with van der Waals surface area (Å²) in [5.41, 5.74) is 0. The highest BCUT2D eigenvalue weighted by Gasteiger charge is 2.31. The highest BCUT2D eigenvalue weighted by atomic mass is 16.5. The number of hydrogen-bond donors (Lipinski definition) is 2. The van der Waals surface area contributed by atoms with Crippen LogP contribution >= 0.6 is 0 Å². The smallest absolute Gasteiger partial charge is 0.248 e. The number of nitrogens with zero attached hydrogens (tertiary/aromatic N) is 4. The standard InChI is InChI=1S/C20H32N6O2/c1-21-18-4-7-22-20(24-18)23-10-17-13-26(19(27)14-28-17)12-16-5-8-25(9-6-16)11-15-2-3-15/h4,7,15-17H,2-3,5-6,8-14H2,1H3,(H2,21,22,23,24)/t17-/m1/s1. The highest BCUT2D eigenvalue weighted by Crippen LogP contribution is 2.31. The lowest BCUT2D eigenvalue weighted by Gasteiger charge is -2.38. The van der Waals surface area contributed by atoms with E-state index in [1.165, 1.54) is 45.3 Å². The van der Waals surface area contributed by atoms with Crippen molar-refractivity contribution < 1.29 is 9.53 Å². The summed E-state index contributed by atoms with van der Waals surface area (Å²) in [6, 6.07) is 1.82. The molecule has 1 saturated carbocycles. The Kier molecular flexibility index (Phi) is 6.26. The van der Waals surface area contributed by atoms with E-state index in [0.717, 1.165) is 18.3 Å². The van der Waals surface area contributed by atoms with Crippen molar-refractivity contribution in [2.45, 2.75) is 31.8 Å². The predicted octanol–water partition coefficient (Wildman–Crippen LogP) is 1.28. The monoisotopic (exact) mass is 388 g/mol. The van der Waals surface area contributed by atoms with Crippen molar-refractivity contribution in [2.24, 2.45) is 11.8 Å². The molecule has 1 amide bonds. The fourth-order valence-electron chi connectivity index (χ4n) is 4.10. The fraction of sp³-hybridized carbons (Fsp3) is 0.750. The van der Waals surface area contributed by atoms with E-state index in [1.54, 1.807) is 6.20 Å². The molecule has 2 aliphatic heterocycles. The number of aromatic nitrogens is 2. The third-order valence-electron chi connectivity index (χ3n) is 6.02. The third-order valence-corrected chi connectivity index (χ3v) is 6.02. The molecule has 4 rings (SSSR count). The minimum Gasteiger partial charge on any atom is -0.373 e. The number of hydrogen-bond acceptors (Lipinski definition) is 7. The van der Waals surface area contributed by atoms with E-state index in [4.69, 9.17) is 4.74 Å². The molecule has 0 aromatic carbocycles. The fourth-order valence-corrected chi connectivity index (χ4v) is 4.10. The summed E-state index contributed by atoms with van der Waals surface area (Å²) in [6.45, 7) is 5.92. The number of likely N-dealkylation sites (tertiary alicyclic amines) is 1. The Balaban J connectivity index is 1.22. The number of carbonyl (C=O) groups excluding carboxylic acids is 1. The van der Waals surface area contributed by atoms with Crippen molar-refractivity contribution in [3.05, 3.63) is 12.3 Å². The number of amides is 1. The van der Waals surface area contributed by atoms with Crippen LogP contribution in [-0.2, 0) is 9.53 Å². The maximum Gasteiger partial charge on any atom is 0.248 e. The molecule has 8 heteroatoms. The van der Waals surface area contributed by atoms with Crippen LogP contribution in [0.2, 0.25) is 0 Å². The molecule has 0 spiro atoms. The van der Waals surface area contributed by atoms with Crippen molar-refractivity contribution in [1.82, 2.24) is 19.8 Å². The zero-order chi connectivity index (χ0) is 19.3. The second-order valence-electron chi connectivity index (χ2n) is 8.32. The van der Waals surface area contributed by atoms with Gasteiger partial charge in [-0.3, -0.25) is 4.79 Å². The van der Waals surface area contributed by atoms with Crippen LogP contribution in [-0.4, -0.2) is 84.7 Å². The number of piperidine rings is 1. The molecule has 0 radical (unpaired) electrons. The van der Waals surface area contributed by atoms with Gasteiger partial charge in [0.1, 0.15) is 12.4 Å². The first-order valence-corrected chi connectivity index (χ1v) is 10.6. The Morgan fingerprint density at radius 1 is 1.18 bits per heavy atom. The summed E-state index contributed by atoms with van der Waals surface area (Å²) < 4.78 is 5.72. The Morgan fingerprint density at radius 3 is 2.71 bits per heavy atom. The zero-order valence-electron chi connectivity index (χ0n) is 16.8. The lowest BCUT2D eigenvalue weighted by Crippen LogP contribution is -2.51. The second-order valence-corrected chi connectivity index (χ2v) is 8.32. The molecule has 3 fully saturated rings. The van der Waals surface area contributed by atoms with Crippen LogP contribution < -0.4 is 10.6 Å². The van der Waals surface area contributed by atoms with Gasteiger partial charge in [-0.1, -0.05) is 0 Å². The molecular formula is C20H32N6O2. The Hall–Kier alpha value is -1.93. The summed E-state index contributed by atoms with van der Waals surface area (Å²) in [4.78, 5) is 25.5. The third kappa shape index (κ3) is 5.32. The normalized spacial score (nSPS) is 24.4. The van der Waals surface area contributed by atoms with Crippen molar-refractivity contribution >= 4 is 17.7 Å². The van der Waals surface area contributed by atoms with Crippen molar-refractivity contribution in [3.8, 4) is 0 Å². The number of rotatable bonds is 8. The Morgan fingerprint density at radius 2 is 1.96 bits per heavy atom. The van der Waals surface area contributed by atoms with Crippen LogP contribution in [0, 0.1) is 11.8 Å². The summed E-state index contributed by atoms with van der Waals surface area (Å²) in [7, 11) is 1.83. The maximum atomic E-state index is 12.3. The quantitative estimate of drug-likeness (QED) is 0.694. The van der Waals surface area contributed by atoms with Crippen LogP contribution in [0.3, 0.4) is 0 Å². The van der Waals surface area contributed by atoms with Crippen molar-refractivity contribution in [2.75, 3.05) is 63.6 Å². The molecule has 1 aromatic rings. The highest BCUT2D eigenvalue weighted by molar-refractivity contribution is 5.78. The Bertz CT molecular complexity index is 660. The predicted molar refractivity (Wildman–Crippen MR) is 108 cm³/mol. The largest absolute Gasteiger partial charge is 0.373 e. The van der Waals surface area contributed by atoms with E-state index < -0.39 is 0 Å². The number of ether oxygens (including phenoxy) is 1.